The molecule has 0 saturated heterocycles. The predicted molar refractivity (Wildman–Crippen MR) is 70.9 cm³/mol. The molecule has 18 heavy (non-hydrogen) atoms. The largest absolute Gasteiger partial charge is 0.330 e. The van der Waals surface area contributed by atoms with Crippen molar-refractivity contribution in [2.24, 2.45) is 7.05 Å². The maximum atomic E-state index is 4.46. The number of rotatable bonds is 1. The zero-order valence-electron chi connectivity index (χ0n) is 10.5. The molecule has 0 saturated carbocycles. The number of fused-ring (bicyclic) bond motifs is 1. The summed E-state index contributed by atoms with van der Waals surface area (Å²) in [5.41, 5.74) is 2.40. The van der Waals surface area contributed by atoms with E-state index < -0.39 is 0 Å². The van der Waals surface area contributed by atoms with Crippen LogP contribution in [0.3, 0.4) is 0 Å². The van der Waals surface area contributed by atoms with Crippen LogP contribution in [0.2, 0.25) is 0 Å². The van der Waals surface area contributed by atoms with E-state index in [-0.39, 0.29) is 0 Å². The zero-order valence-corrected chi connectivity index (χ0v) is 10.5. The Morgan fingerprint density at radius 2 is 2.00 bits per heavy atom. The van der Waals surface area contributed by atoms with Crippen LogP contribution in [0.15, 0.2) is 49.1 Å². The van der Waals surface area contributed by atoms with Gasteiger partial charge in [0, 0.05) is 23.8 Å². The normalized spacial score (nSPS) is 10.8. The van der Waals surface area contributed by atoms with Crippen LogP contribution < -0.4 is 4.57 Å². The fourth-order valence-electron chi connectivity index (χ4n) is 2.27. The van der Waals surface area contributed by atoms with E-state index in [1.54, 1.807) is 0 Å². The van der Waals surface area contributed by atoms with Crippen molar-refractivity contribution in [3.8, 4) is 11.4 Å². The van der Waals surface area contributed by atoms with Crippen LogP contribution in [0, 0.1) is 6.92 Å². The Kier molecular flexibility index (Phi) is 2.52. The second-order valence-corrected chi connectivity index (χ2v) is 4.39. The van der Waals surface area contributed by atoms with Gasteiger partial charge in [0.15, 0.2) is 0 Å². The Labute approximate surface area is 106 Å². The number of hydrogen-bond acceptors (Lipinski definition) is 2. The summed E-state index contributed by atoms with van der Waals surface area (Å²) in [6, 6.07) is 8.20. The van der Waals surface area contributed by atoms with E-state index in [9.17, 15) is 0 Å². The number of aromatic nitrogens is 3. The summed E-state index contributed by atoms with van der Waals surface area (Å²) in [4.78, 5) is 8.62. The third-order valence-electron chi connectivity index (χ3n) is 3.26. The molecule has 3 nitrogen and oxygen atoms in total. The minimum Gasteiger partial charge on any atom is -0.264 e. The van der Waals surface area contributed by atoms with Crippen LogP contribution in [0.1, 0.15) is 5.56 Å². The van der Waals surface area contributed by atoms with Crippen molar-refractivity contribution < 1.29 is 4.57 Å². The summed E-state index contributed by atoms with van der Waals surface area (Å²) in [7, 11) is 2.01. The number of nitrogens with zero attached hydrogens (tertiary/aromatic N) is 3. The molecule has 0 aliphatic rings. The predicted octanol–water partition coefficient (Wildman–Crippen LogP) is 2.43. The zero-order chi connectivity index (χ0) is 12.5. The van der Waals surface area contributed by atoms with Crippen LogP contribution in [0.5, 0.6) is 0 Å². The quantitative estimate of drug-likeness (QED) is 0.607. The highest BCUT2D eigenvalue weighted by molar-refractivity contribution is 5.89. The molecule has 2 heterocycles. The molecule has 0 aliphatic carbocycles. The minimum absolute atomic E-state index is 0.980. The van der Waals surface area contributed by atoms with Gasteiger partial charge in [-0.2, -0.15) is 0 Å². The fraction of sp³-hybridized carbons (Fsp3) is 0.133. The Morgan fingerprint density at radius 3 is 2.83 bits per heavy atom. The first-order valence-electron chi connectivity index (χ1n) is 5.92. The molecular formula is C15H14N3+. The third kappa shape index (κ3) is 1.64. The second kappa shape index (κ2) is 4.18. The summed E-state index contributed by atoms with van der Waals surface area (Å²) in [6.07, 6.45) is 7.56. The molecule has 0 fully saturated rings. The molecule has 0 aliphatic heterocycles. The van der Waals surface area contributed by atoms with Crippen molar-refractivity contribution in [1.29, 1.82) is 0 Å². The molecule has 0 spiro atoms. The maximum absolute atomic E-state index is 4.46. The Hall–Kier alpha value is -2.29. The number of pyridine rings is 1. The van der Waals surface area contributed by atoms with Crippen molar-refractivity contribution in [3.05, 3.63) is 54.6 Å². The molecule has 3 rings (SSSR count). The minimum atomic E-state index is 0.980. The smallest absolute Gasteiger partial charge is 0.264 e. The summed E-state index contributed by atoms with van der Waals surface area (Å²) in [5, 5.41) is 2.39. The first kappa shape index (κ1) is 10.8. The molecule has 2 aromatic heterocycles. The van der Waals surface area contributed by atoms with Gasteiger partial charge < -0.3 is 0 Å². The van der Waals surface area contributed by atoms with Gasteiger partial charge in [0.1, 0.15) is 6.20 Å². The lowest BCUT2D eigenvalue weighted by Gasteiger charge is -2.06. The first-order valence-corrected chi connectivity index (χ1v) is 5.92. The van der Waals surface area contributed by atoms with Crippen molar-refractivity contribution >= 4 is 10.8 Å². The van der Waals surface area contributed by atoms with E-state index in [2.05, 4.69) is 35.1 Å². The highest BCUT2D eigenvalue weighted by Crippen LogP contribution is 2.26. The fourth-order valence-corrected chi connectivity index (χ4v) is 2.27. The third-order valence-corrected chi connectivity index (χ3v) is 3.26. The Balaban J connectivity index is 2.31. The molecule has 0 radical (unpaired) electrons. The lowest BCUT2D eigenvalue weighted by molar-refractivity contribution is -0.663. The molecule has 1 aromatic carbocycles. The van der Waals surface area contributed by atoms with Gasteiger partial charge in [-0.3, -0.25) is 4.98 Å². The van der Waals surface area contributed by atoms with Crippen LogP contribution in [-0.2, 0) is 7.05 Å². The molecule has 0 atom stereocenters. The van der Waals surface area contributed by atoms with E-state index in [4.69, 9.17) is 0 Å². The first-order chi connectivity index (χ1) is 8.77. The van der Waals surface area contributed by atoms with E-state index in [0.717, 1.165) is 16.8 Å². The van der Waals surface area contributed by atoms with Crippen LogP contribution in [-0.4, -0.2) is 9.97 Å². The number of aryl methyl sites for hydroxylation is 2. The molecule has 3 aromatic rings. The highest BCUT2D eigenvalue weighted by Gasteiger charge is 2.15. The van der Waals surface area contributed by atoms with E-state index in [1.807, 2.05) is 42.5 Å². The molecule has 0 amide bonds. The second-order valence-electron chi connectivity index (χ2n) is 4.39. The van der Waals surface area contributed by atoms with Gasteiger partial charge in [0.05, 0.1) is 18.8 Å². The molecule has 0 unspecified atom stereocenters. The summed E-state index contributed by atoms with van der Waals surface area (Å²) < 4.78 is 2.04. The summed E-state index contributed by atoms with van der Waals surface area (Å²) >= 11 is 0. The Bertz CT molecular complexity index is 720. The lowest BCUT2D eigenvalue weighted by Crippen LogP contribution is -2.31. The van der Waals surface area contributed by atoms with Crippen molar-refractivity contribution in [3.63, 3.8) is 0 Å². The van der Waals surface area contributed by atoms with Gasteiger partial charge >= 0.3 is 5.82 Å². The number of hydrogen-bond donors (Lipinski definition) is 0. The SMILES string of the molecule is Cc1c(-c2nccc[n+]2C)ccc2cnccc12. The van der Waals surface area contributed by atoms with Gasteiger partial charge in [-0.1, -0.05) is 6.07 Å². The van der Waals surface area contributed by atoms with Crippen LogP contribution in [0.25, 0.3) is 22.2 Å². The van der Waals surface area contributed by atoms with Crippen molar-refractivity contribution in [1.82, 2.24) is 9.97 Å². The summed E-state index contributed by atoms with van der Waals surface area (Å²) in [6.45, 7) is 2.13. The average molecular weight is 236 g/mol. The van der Waals surface area contributed by atoms with Gasteiger partial charge in [0.2, 0.25) is 0 Å². The van der Waals surface area contributed by atoms with Gasteiger partial charge in [-0.05, 0) is 35.0 Å². The van der Waals surface area contributed by atoms with E-state index in [0.29, 0.717) is 0 Å². The maximum Gasteiger partial charge on any atom is 0.330 e. The molecule has 0 N–H and O–H groups in total. The van der Waals surface area contributed by atoms with Crippen molar-refractivity contribution in [2.45, 2.75) is 6.92 Å². The van der Waals surface area contributed by atoms with Crippen molar-refractivity contribution in [2.75, 3.05) is 0 Å². The van der Waals surface area contributed by atoms with Crippen LogP contribution in [0.4, 0.5) is 0 Å². The lowest BCUT2D eigenvalue weighted by atomic mass is 10.0. The summed E-state index contributed by atoms with van der Waals surface area (Å²) in [5.74, 6) is 0.980. The van der Waals surface area contributed by atoms with E-state index in [1.165, 1.54) is 10.9 Å². The highest BCUT2D eigenvalue weighted by atomic mass is 15.0. The monoisotopic (exact) mass is 236 g/mol. The van der Waals surface area contributed by atoms with Gasteiger partial charge in [-0.15, -0.1) is 0 Å². The topological polar surface area (TPSA) is 29.7 Å². The average Bonchev–Trinajstić information content (AvgIpc) is 2.41. The van der Waals surface area contributed by atoms with Crippen LogP contribution >= 0.6 is 0 Å². The van der Waals surface area contributed by atoms with Gasteiger partial charge in [-0.25, -0.2) is 4.57 Å². The van der Waals surface area contributed by atoms with Gasteiger partial charge in [0.25, 0.3) is 0 Å². The molecular weight excluding hydrogens is 222 g/mol. The molecule has 3 heteroatoms. The van der Waals surface area contributed by atoms with E-state index >= 15 is 0 Å². The molecule has 0 bridgehead atoms. The standard InChI is InChI=1S/C15H14N3/c1-11-13-6-8-16-10-12(13)4-5-14(11)15-17-7-3-9-18(15)2/h3-10H,1-2H3/q+1. The molecule has 88 valence electrons. The number of benzene rings is 1. The Morgan fingerprint density at radius 1 is 1.11 bits per heavy atom.